The molecule has 2 heterocycles. The Bertz CT molecular complexity index is 820. The number of para-hydroxylation sites is 1. The molecule has 3 aliphatic rings. The molecule has 2 unspecified atom stereocenters. The van der Waals surface area contributed by atoms with Crippen LogP contribution in [-0.4, -0.2) is 47.4 Å². The van der Waals surface area contributed by atoms with E-state index in [4.69, 9.17) is 0 Å². The minimum atomic E-state index is -0.659. The van der Waals surface area contributed by atoms with Crippen molar-refractivity contribution < 1.29 is 14.4 Å². The molecule has 3 amide bonds. The van der Waals surface area contributed by atoms with Gasteiger partial charge in [-0.3, -0.25) is 14.4 Å². The van der Waals surface area contributed by atoms with E-state index in [-0.39, 0.29) is 24.1 Å². The van der Waals surface area contributed by atoms with Gasteiger partial charge in [-0.25, -0.2) is 0 Å². The van der Waals surface area contributed by atoms with Gasteiger partial charge in [0.25, 0.3) is 5.91 Å². The number of hydrogen-bond donors (Lipinski definition) is 3. The molecule has 0 aromatic heterocycles. The molecule has 1 saturated heterocycles. The van der Waals surface area contributed by atoms with Gasteiger partial charge < -0.3 is 20.9 Å². The van der Waals surface area contributed by atoms with E-state index in [0.717, 1.165) is 5.69 Å². The smallest absolute Gasteiger partial charge is 0.255 e. The van der Waals surface area contributed by atoms with Gasteiger partial charge in [0.2, 0.25) is 11.8 Å². The largest absolute Gasteiger partial charge is 0.362 e. The van der Waals surface area contributed by atoms with Crippen LogP contribution in [0, 0.1) is 5.92 Å². The molecule has 2 fully saturated rings. The van der Waals surface area contributed by atoms with Crippen molar-refractivity contribution in [1.82, 2.24) is 15.5 Å². The Kier molecular flexibility index (Phi) is 5.97. The average Bonchev–Trinajstić information content (AvgIpc) is 2.91. The van der Waals surface area contributed by atoms with Gasteiger partial charge in [0, 0.05) is 31.6 Å². The van der Waals surface area contributed by atoms with Crippen LogP contribution in [0.2, 0.25) is 0 Å². The fourth-order valence-corrected chi connectivity index (χ4v) is 4.97. The number of nitrogens with one attached hydrogen (secondary N) is 3. The molecule has 7 heteroatoms. The second kappa shape index (κ2) is 8.66. The first-order valence-corrected chi connectivity index (χ1v) is 11.2. The number of amides is 3. The van der Waals surface area contributed by atoms with Crippen molar-refractivity contribution in [1.29, 1.82) is 0 Å². The SMILES string of the molecule is CC(C(=O)NCC1CCCCC1)N1CCC2(CCC1=O)NC(=O)c1ccccc1N2. The molecule has 0 radical (unpaired) electrons. The van der Waals surface area contributed by atoms with Gasteiger partial charge in [0.05, 0.1) is 5.56 Å². The molecule has 162 valence electrons. The lowest BCUT2D eigenvalue weighted by Gasteiger charge is -2.40. The van der Waals surface area contributed by atoms with Crippen molar-refractivity contribution in [2.45, 2.75) is 70.0 Å². The third kappa shape index (κ3) is 4.30. The molecule has 2 aliphatic heterocycles. The summed E-state index contributed by atoms with van der Waals surface area (Å²) in [5.74, 6) is 0.307. The number of benzene rings is 1. The quantitative estimate of drug-likeness (QED) is 0.709. The first-order valence-electron chi connectivity index (χ1n) is 11.2. The Hall–Kier alpha value is -2.57. The highest BCUT2D eigenvalue weighted by Gasteiger charge is 2.41. The molecule has 0 bridgehead atoms. The summed E-state index contributed by atoms with van der Waals surface area (Å²) in [7, 11) is 0. The number of nitrogens with zero attached hydrogens (tertiary/aromatic N) is 1. The molecule has 1 aliphatic carbocycles. The molecule has 30 heavy (non-hydrogen) atoms. The van der Waals surface area contributed by atoms with Crippen molar-refractivity contribution in [3.63, 3.8) is 0 Å². The number of anilines is 1. The number of fused-ring (bicyclic) bond motifs is 1. The maximum atomic E-state index is 12.8. The van der Waals surface area contributed by atoms with Crippen molar-refractivity contribution in [2.75, 3.05) is 18.4 Å². The molecule has 7 nitrogen and oxygen atoms in total. The molecule has 1 aromatic carbocycles. The van der Waals surface area contributed by atoms with Crippen LogP contribution in [0.4, 0.5) is 5.69 Å². The number of carbonyl (C=O) groups is 3. The van der Waals surface area contributed by atoms with E-state index in [9.17, 15) is 14.4 Å². The van der Waals surface area contributed by atoms with Gasteiger partial charge >= 0.3 is 0 Å². The van der Waals surface area contributed by atoms with Crippen molar-refractivity contribution in [3.8, 4) is 0 Å². The van der Waals surface area contributed by atoms with Gasteiger partial charge in [-0.2, -0.15) is 0 Å². The number of hydrogen-bond acceptors (Lipinski definition) is 4. The minimum absolute atomic E-state index is 0.0397. The summed E-state index contributed by atoms with van der Waals surface area (Å²) in [4.78, 5) is 39.8. The predicted octanol–water partition coefficient (Wildman–Crippen LogP) is 2.64. The summed E-state index contributed by atoms with van der Waals surface area (Å²) in [6.45, 7) is 2.92. The Labute approximate surface area is 178 Å². The Morgan fingerprint density at radius 2 is 1.93 bits per heavy atom. The second-order valence-corrected chi connectivity index (χ2v) is 8.97. The third-order valence-electron chi connectivity index (χ3n) is 6.90. The molecule has 2 atom stereocenters. The summed E-state index contributed by atoms with van der Waals surface area (Å²) in [5.41, 5.74) is 0.750. The first kappa shape index (κ1) is 20.7. The minimum Gasteiger partial charge on any atom is -0.362 e. The summed E-state index contributed by atoms with van der Waals surface area (Å²) < 4.78 is 0. The van der Waals surface area contributed by atoms with E-state index in [2.05, 4.69) is 16.0 Å². The average molecular weight is 413 g/mol. The zero-order chi connectivity index (χ0) is 21.1. The van der Waals surface area contributed by atoms with Crippen LogP contribution < -0.4 is 16.0 Å². The standard InChI is InChI=1S/C23H32N4O3/c1-16(21(29)24-15-17-7-3-2-4-8-17)27-14-13-23(12-11-20(27)28)25-19-10-6-5-9-18(19)22(30)26-23/h5-6,9-10,16-17,25H,2-4,7-8,11-15H2,1H3,(H,24,29)(H,26,30). The lowest BCUT2D eigenvalue weighted by molar-refractivity contribution is -0.139. The van der Waals surface area contributed by atoms with Crippen molar-refractivity contribution in [2.24, 2.45) is 5.92 Å². The van der Waals surface area contributed by atoms with Crippen LogP contribution in [-0.2, 0) is 9.59 Å². The van der Waals surface area contributed by atoms with Crippen molar-refractivity contribution >= 4 is 23.4 Å². The van der Waals surface area contributed by atoms with E-state index < -0.39 is 11.7 Å². The van der Waals surface area contributed by atoms with E-state index in [1.54, 1.807) is 17.9 Å². The third-order valence-corrected chi connectivity index (χ3v) is 6.90. The highest BCUT2D eigenvalue weighted by molar-refractivity contribution is 6.02. The van der Waals surface area contributed by atoms with E-state index in [1.165, 1.54) is 32.1 Å². The number of rotatable bonds is 4. The highest BCUT2D eigenvalue weighted by atomic mass is 16.2. The second-order valence-electron chi connectivity index (χ2n) is 8.97. The van der Waals surface area contributed by atoms with Crippen LogP contribution in [0.1, 0.15) is 68.6 Å². The Balaban J connectivity index is 1.39. The molecule has 4 rings (SSSR count). The molecule has 1 aromatic rings. The van der Waals surface area contributed by atoms with E-state index >= 15 is 0 Å². The number of likely N-dealkylation sites (tertiary alicyclic amines) is 1. The molecule has 3 N–H and O–H groups in total. The normalized spacial score (nSPS) is 25.7. The highest BCUT2D eigenvalue weighted by Crippen LogP contribution is 2.32. The lowest BCUT2D eigenvalue weighted by Crippen LogP contribution is -2.58. The Morgan fingerprint density at radius 1 is 1.17 bits per heavy atom. The van der Waals surface area contributed by atoms with Crippen LogP contribution in [0.25, 0.3) is 0 Å². The molecular weight excluding hydrogens is 380 g/mol. The van der Waals surface area contributed by atoms with Crippen LogP contribution in [0.15, 0.2) is 24.3 Å². The van der Waals surface area contributed by atoms with Crippen LogP contribution >= 0.6 is 0 Å². The monoisotopic (exact) mass is 412 g/mol. The zero-order valence-corrected chi connectivity index (χ0v) is 17.7. The van der Waals surface area contributed by atoms with Crippen LogP contribution in [0.3, 0.4) is 0 Å². The molecule has 1 saturated carbocycles. The fourth-order valence-electron chi connectivity index (χ4n) is 4.97. The summed E-state index contributed by atoms with van der Waals surface area (Å²) in [6, 6.07) is 6.90. The van der Waals surface area contributed by atoms with E-state index in [1.807, 2.05) is 18.2 Å². The topological polar surface area (TPSA) is 90.5 Å². The fraction of sp³-hybridized carbons (Fsp3) is 0.609. The molecule has 1 spiro atoms. The maximum Gasteiger partial charge on any atom is 0.255 e. The summed E-state index contributed by atoms with van der Waals surface area (Å²) in [5, 5.41) is 9.59. The zero-order valence-electron chi connectivity index (χ0n) is 17.7. The van der Waals surface area contributed by atoms with Crippen LogP contribution in [0.5, 0.6) is 0 Å². The van der Waals surface area contributed by atoms with Gasteiger partial charge in [-0.15, -0.1) is 0 Å². The van der Waals surface area contributed by atoms with Gasteiger partial charge in [0.1, 0.15) is 11.7 Å². The van der Waals surface area contributed by atoms with Gasteiger partial charge in [-0.1, -0.05) is 31.4 Å². The van der Waals surface area contributed by atoms with Gasteiger partial charge in [-0.05, 0) is 44.2 Å². The predicted molar refractivity (Wildman–Crippen MR) is 115 cm³/mol. The Morgan fingerprint density at radius 3 is 2.73 bits per heavy atom. The lowest BCUT2D eigenvalue weighted by atomic mass is 9.89. The van der Waals surface area contributed by atoms with E-state index in [0.29, 0.717) is 37.4 Å². The summed E-state index contributed by atoms with van der Waals surface area (Å²) in [6.07, 6.45) is 7.46. The van der Waals surface area contributed by atoms with Gasteiger partial charge in [0.15, 0.2) is 0 Å². The van der Waals surface area contributed by atoms with Crippen molar-refractivity contribution in [3.05, 3.63) is 29.8 Å². The first-order chi connectivity index (χ1) is 14.5. The summed E-state index contributed by atoms with van der Waals surface area (Å²) >= 11 is 0. The molecular formula is C23H32N4O3. The number of carbonyl (C=O) groups excluding carboxylic acids is 3. The maximum absolute atomic E-state index is 12.8.